The molecule has 2 rings (SSSR count). The van der Waals surface area contributed by atoms with Gasteiger partial charge in [-0.05, 0) is 31.9 Å². The minimum Gasteiger partial charge on any atom is -0.370 e. The molecule has 0 aliphatic carbocycles. The molecule has 0 unspecified atom stereocenters. The molecule has 19 heavy (non-hydrogen) atoms. The Bertz CT molecular complexity index is 552. The third-order valence-electron chi connectivity index (χ3n) is 2.86. The van der Waals surface area contributed by atoms with Crippen molar-refractivity contribution in [3.8, 4) is 0 Å². The number of hydrogen-bond acceptors (Lipinski definition) is 4. The largest absolute Gasteiger partial charge is 0.370 e. The monoisotopic (exact) mass is 256 g/mol. The fraction of sp³-hybridized carbons (Fsp3) is 0.333. The topological polar surface area (TPSA) is 49.8 Å². The second-order valence-corrected chi connectivity index (χ2v) is 4.35. The molecule has 0 saturated carbocycles. The highest BCUT2D eigenvalue weighted by atomic mass is 15.1. The van der Waals surface area contributed by atoms with Crippen LogP contribution in [0, 0.1) is 6.92 Å². The summed E-state index contributed by atoms with van der Waals surface area (Å²) in [5, 5.41) is 6.58. The lowest BCUT2D eigenvalue weighted by Crippen LogP contribution is -2.04. The average molecular weight is 256 g/mol. The van der Waals surface area contributed by atoms with E-state index in [2.05, 4.69) is 52.6 Å². The van der Waals surface area contributed by atoms with E-state index < -0.39 is 0 Å². The molecular formula is C15H20N4. The standard InChI is InChI=1S/C15H20N4/c1-4-12-8-6-7-9-13(12)19-15-10-14(16-5-2)17-11(3)18-15/h6-10H,4-5H2,1-3H3,(H2,16,17,18,19). The summed E-state index contributed by atoms with van der Waals surface area (Å²) in [7, 11) is 0. The smallest absolute Gasteiger partial charge is 0.136 e. The molecule has 0 aliphatic heterocycles. The fourth-order valence-electron chi connectivity index (χ4n) is 1.99. The van der Waals surface area contributed by atoms with E-state index >= 15 is 0 Å². The van der Waals surface area contributed by atoms with Gasteiger partial charge in [0.15, 0.2) is 0 Å². The number of aryl methyl sites for hydroxylation is 2. The Labute approximate surface area is 114 Å². The van der Waals surface area contributed by atoms with Gasteiger partial charge in [0, 0.05) is 18.3 Å². The van der Waals surface area contributed by atoms with Gasteiger partial charge in [0.25, 0.3) is 0 Å². The zero-order chi connectivity index (χ0) is 13.7. The number of aromatic nitrogens is 2. The van der Waals surface area contributed by atoms with Gasteiger partial charge in [-0.3, -0.25) is 0 Å². The van der Waals surface area contributed by atoms with Crippen molar-refractivity contribution in [1.29, 1.82) is 0 Å². The fourth-order valence-corrected chi connectivity index (χ4v) is 1.99. The van der Waals surface area contributed by atoms with Crippen molar-refractivity contribution in [3.05, 3.63) is 41.7 Å². The van der Waals surface area contributed by atoms with E-state index in [9.17, 15) is 0 Å². The molecule has 0 fully saturated rings. The van der Waals surface area contributed by atoms with E-state index in [0.717, 1.165) is 36.1 Å². The highest BCUT2D eigenvalue weighted by molar-refractivity contribution is 5.62. The van der Waals surface area contributed by atoms with Crippen LogP contribution in [0.15, 0.2) is 30.3 Å². The maximum Gasteiger partial charge on any atom is 0.136 e. The van der Waals surface area contributed by atoms with Gasteiger partial charge in [-0.25, -0.2) is 9.97 Å². The Morgan fingerprint density at radius 3 is 2.53 bits per heavy atom. The van der Waals surface area contributed by atoms with Crippen molar-refractivity contribution in [3.63, 3.8) is 0 Å². The lowest BCUT2D eigenvalue weighted by Gasteiger charge is -2.12. The number of nitrogens with zero attached hydrogens (tertiary/aromatic N) is 2. The van der Waals surface area contributed by atoms with Crippen LogP contribution in [0.1, 0.15) is 25.2 Å². The van der Waals surface area contributed by atoms with Gasteiger partial charge in [-0.15, -0.1) is 0 Å². The van der Waals surface area contributed by atoms with E-state index in [1.165, 1.54) is 5.56 Å². The molecule has 4 heteroatoms. The molecule has 0 saturated heterocycles. The summed E-state index contributed by atoms with van der Waals surface area (Å²) in [5.41, 5.74) is 2.38. The Hall–Kier alpha value is -2.10. The number of nitrogens with one attached hydrogen (secondary N) is 2. The molecule has 0 bridgehead atoms. The molecule has 0 atom stereocenters. The minimum atomic E-state index is 0.759. The maximum absolute atomic E-state index is 4.42. The number of hydrogen-bond donors (Lipinski definition) is 2. The van der Waals surface area contributed by atoms with E-state index in [-0.39, 0.29) is 0 Å². The van der Waals surface area contributed by atoms with Crippen LogP contribution in [0.4, 0.5) is 17.3 Å². The van der Waals surface area contributed by atoms with Crippen molar-refractivity contribution in [2.75, 3.05) is 17.2 Å². The molecular weight excluding hydrogens is 236 g/mol. The second kappa shape index (κ2) is 6.18. The van der Waals surface area contributed by atoms with Gasteiger partial charge in [0.2, 0.25) is 0 Å². The molecule has 2 aromatic rings. The molecule has 1 heterocycles. The molecule has 100 valence electrons. The van der Waals surface area contributed by atoms with E-state index in [1.807, 2.05) is 19.1 Å². The molecule has 1 aromatic heterocycles. The van der Waals surface area contributed by atoms with Gasteiger partial charge in [0.1, 0.15) is 17.5 Å². The van der Waals surface area contributed by atoms with Gasteiger partial charge in [0.05, 0.1) is 0 Å². The predicted octanol–water partition coefficient (Wildman–Crippen LogP) is 3.52. The van der Waals surface area contributed by atoms with Crippen LogP contribution in [0.3, 0.4) is 0 Å². The van der Waals surface area contributed by atoms with Crippen LogP contribution in [0.25, 0.3) is 0 Å². The maximum atomic E-state index is 4.42. The first-order valence-electron chi connectivity index (χ1n) is 6.67. The molecule has 0 amide bonds. The highest BCUT2D eigenvalue weighted by Crippen LogP contribution is 2.21. The van der Waals surface area contributed by atoms with Crippen LogP contribution in [-0.4, -0.2) is 16.5 Å². The van der Waals surface area contributed by atoms with Crippen LogP contribution < -0.4 is 10.6 Å². The summed E-state index contributed by atoms with van der Waals surface area (Å²) in [6.07, 6.45) is 0.993. The quantitative estimate of drug-likeness (QED) is 0.859. The van der Waals surface area contributed by atoms with Crippen LogP contribution in [-0.2, 0) is 6.42 Å². The van der Waals surface area contributed by atoms with E-state index in [4.69, 9.17) is 0 Å². The lowest BCUT2D eigenvalue weighted by atomic mass is 10.1. The van der Waals surface area contributed by atoms with E-state index in [0.29, 0.717) is 0 Å². The summed E-state index contributed by atoms with van der Waals surface area (Å²) in [6, 6.07) is 10.2. The van der Waals surface area contributed by atoms with Crippen molar-refractivity contribution in [2.45, 2.75) is 27.2 Å². The van der Waals surface area contributed by atoms with Crippen molar-refractivity contribution in [2.24, 2.45) is 0 Å². The number of para-hydroxylation sites is 1. The summed E-state index contributed by atoms with van der Waals surface area (Å²) >= 11 is 0. The first-order chi connectivity index (χ1) is 9.22. The molecule has 1 aromatic carbocycles. The lowest BCUT2D eigenvalue weighted by molar-refractivity contribution is 1.04. The Kier molecular flexibility index (Phi) is 4.34. The minimum absolute atomic E-state index is 0.759. The summed E-state index contributed by atoms with van der Waals surface area (Å²) in [4.78, 5) is 8.77. The normalized spacial score (nSPS) is 10.3. The predicted molar refractivity (Wildman–Crippen MR) is 80.0 cm³/mol. The molecule has 0 spiro atoms. The second-order valence-electron chi connectivity index (χ2n) is 4.35. The Morgan fingerprint density at radius 2 is 1.79 bits per heavy atom. The van der Waals surface area contributed by atoms with Gasteiger partial charge in [-0.2, -0.15) is 0 Å². The van der Waals surface area contributed by atoms with Crippen LogP contribution >= 0.6 is 0 Å². The van der Waals surface area contributed by atoms with Crippen molar-refractivity contribution < 1.29 is 0 Å². The first-order valence-corrected chi connectivity index (χ1v) is 6.67. The van der Waals surface area contributed by atoms with Crippen LogP contribution in [0.2, 0.25) is 0 Å². The molecule has 0 radical (unpaired) electrons. The van der Waals surface area contributed by atoms with Gasteiger partial charge >= 0.3 is 0 Å². The number of benzene rings is 1. The SMILES string of the molecule is CCNc1cc(Nc2ccccc2CC)nc(C)n1. The van der Waals surface area contributed by atoms with E-state index in [1.54, 1.807) is 0 Å². The number of rotatable bonds is 5. The molecule has 2 N–H and O–H groups in total. The first kappa shape index (κ1) is 13.3. The summed E-state index contributed by atoms with van der Waals surface area (Å²) in [6.45, 7) is 6.95. The Morgan fingerprint density at radius 1 is 1.05 bits per heavy atom. The van der Waals surface area contributed by atoms with Crippen molar-refractivity contribution >= 4 is 17.3 Å². The third-order valence-corrected chi connectivity index (χ3v) is 2.86. The Balaban J connectivity index is 2.27. The van der Waals surface area contributed by atoms with Crippen molar-refractivity contribution in [1.82, 2.24) is 9.97 Å². The third kappa shape index (κ3) is 3.44. The number of anilines is 3. The highest BCUT2D eigenvalue weighted by Gasteiger charge is 2.04. The van der Waals surface area contributed by atoms with Gasteiger partial charge in [-0.1, -0.05) is 25.1 Å². The average Bonchev–Trinajstić information content (AvgIpc) is 2.39. The van der Waals surface area contributed by atoms with Gasteiger partial charge < -0.3 is 10.6 Å². The molecule has 4 nitrogen and oxygen atoms in total. The van der Waals surface area contributed by atoms with Crippen LogP contribution in [0.5, 0.6) is 0 Å². The molecule has 0 aliphatic rings. The summed E-state index contributed by atoms with van der Waals surface area (Å²) in [5.74, 6) is 2.44. The zero-order valence-electron chi connectivity index (χ0n) is 11.7. The summed E-state index contributed by atoms with van der Waals surface area (Å²) < 4.78 is 0. The zero-order valence-corrected chi connectivity index (χ0v) is 11.7.